The van der Waals surface area contributed by atoms with E-state index < -0.39 is 5.97 Å². The van der Waals surface area contributed by atoms with Gasteiger partial charge in [-0.2, -0.15) is 0 Å². The van der Waals surface area contributed by atoms with Crippen molar-refractivity contribution in [3.63, 3.8) is 0 Å². The number of carboxylic acids is 1. The summed E-state index contributed by atoms with van der Waals surface area (Å²) < 4.78 is 1.87. The van der Waals surface area contributed by atoms with Gasteiger partial charge in [-0.25, -0.2) is 9.78 Å². The molecule has 0 fully saturated rings. The fraction of sp³-hybridized carbons (Fsp3) is 0.429. The van der Waals surface area contributed by atoms with Crippen LogP contribution in [-0.4, -0.2) is 45.0 Å². The standard InChI is InChI=1S/C14H19N3O2/c1-3-16(4-2)10-8-12-15-13(14(18)19)11-7-5-6-9-17(11)12/h5-7,9H,3-4,8,10H2,1-2H3,(H,18,19). The highest BCUT2D eigenvalue weighted by atomic mass is 16.4. The first-order valence-electron chi connectivity index (χ1n) is 6.59. The number of rotatable bonds is 6. The molecule has 0 unspecified atom stereocenters. The lowest BCUT2D eigenvalue weighted by Gasteiger charge is -2.17. The van der Waals surface area contributed by atoms with Crippen LogP contribution < -0.4 is 0 Å². The van der Waals surface area contributed by atoms with E-state index in [2.05, 4.69) is 23.7 Å². The average molecular weight is 261 g/mol. The van der Waals surface area contributed by atoms with Gasteiger partial charge in [0.1, 0.15) is 5.82 Å². The molecule has 2 heterocycles. The molecular formula is C14H19N3O2. The van der Waals surface area contributed by atoms with Crippen molar-refractivity contribution in [1.82, 2.24) is 14.3 Å². The topological polar surface area (TPSA) is 57.8 Å². The van der Waals surface area contributed by atoms with Gasteiger partial charge in [-0.1, -0.05) is 19.9 Å². The highest BCUT2D eigenvalue weighted by molar-refractivity contribution is 5.93. The molecule has 0 aliphatic rings. The first-order chi connectivity index (χ1) is 9.17. The van der Waals surface area contributed by atoms with E-state index in [1.807, 2.05) is 22.7 Å². The Labute approximate surface area is 112 Å². The van der Waals surface area contributed by atoms with Crippen molar-refractivity contribution < 1.29 is 9.90 Å². The number of carboxylic acid groups (broad SMARTS) is 1. The van der Waals surface area contributed by atoms with Crippen LogP contribution in [0, 0.1) is 0 Å². The zero-order valence-corrected chi connectivity index (χ0v) is 11.3. The van der Waals surface area contributed by atoms with Gasteiger partial charge < -0.3 is 14.4 Å². The Kier molecular flexibility index (Phi) is 4.16. The van der Waals surface area contributed by atoms with E-state index in [0.717, 1.165) is 31.9 Å². The fourth-order valence-electron chi connectivity index (χ4n) is 2.23. The van der Waals surface area contributed by atoms with Crippen LogP contribution in [0.1, 0.15) is 30.2 Å². The monoisotopic (exact) mass is 261 g/mol. The maximum atomic E-state index is 11.2. The predicted molar refractivity (Wildman–Crippen MR) is 73.6 cm³/mol. The van der Waals surface area contributed by atoms with Crippen molar-refractivity contribution in [3.8, 4) is 0 Å². The molecule has 0 saturated carbocycles. The maximum Gasteiger partial charge on any atom is 0.356 e. The van der Waals surface area contributed by atoms with E-state index in [0.29, 0.717) is 5.52 Å². The molecule has 0 atom stereocenters. The van der Waals surface area contributed by atoms with Crippen molar-refractivity contribution in [2.45, 2.75) is 20.3 Å². The van der Waals surface area contributed by atoms with E-state index in [4.69, 9.17) is 0 Å². The molecule has 0 aliphatic heterocycles. The second kappa shape index (κ2) is 5.84. The minimum absolute atomic E-state index is 0.134. The smallest absolute Gasteiger partial charge is 0.356 e. The second-order valence-electron chi connectivity index (χ2n) is 4.41. The lowest BCUT2D eigenvalue weighted by Crippen LogP contribution is -2.25. The van der Waals surface area contributed by atoms with Crippen LogP contribution in [0.2, 0.25) is 0 Å². The number of fused-ring (bicyclic) bond motifs is 1. The van der Waals surface area contributed by atoms with Crippen LogP contribution >= 0.6 is 0 Å². The SMILES string of the molecule is CCN(CC)CCc1nc(C(=O)O)c2ccccn12. The van der Waals surface area contributed by atoms with Crippen molar-refractivity contribution in [3.05, 3.63) is 35.9 Å². The van der Waals surface area contributed by atoms with Gasteiger partial charge in [-0.3, -0.25) is 0 Å². The van der Waals surface area contributed by atoms with Crippen LogP contribution in [0.5, 0.6) is 0 Å². The molecule has 0 radical (unpaired) electrons. The van der Waals surface area contributed by atoms with Gasteiger partial charge in [-0.05, 0) is 25.2 Å². The van der Waals surface area contributed by atoms with E-state index in [1.54, 1.807) is 6.07 Å². The van der Waals surface area contributed by atoms with Crippen molar-refractivity contribution in [2.75, 3.05) is 19.6 Å². The number of hydrogen-bond donors (Lipinski definition) is 1. The lowest BCUT2D eigenvalue weighted by atomic mass is 10.3. The van der Waals surface area contributed by atoms with Gasteiger partial charge in [0.2, 0.25) is 0 Å². The summed E-state index contributed by atoms with van der Waals surface area (Å²) in [5, 5.41) is 9.18. The molecular weight excluding hydrogens is 242 g/mol. The summed E-state index contributed by atoms with van der Waals surface area (Å²) in [4.78, 5) is 17.8. The summed E-state index contributed by atoms with van der Waals surface area (Å²) in [6.07, 6.45) is 2.62. The molecule has 2 aromatic rings. The predicted octanol–water partition coefficient (Wildman–Crippen LogP) is 1.92. The van der Waals surface area contributed by atoms with Crippen LogP contribution in [0.25, 0.3) is 5.52 Å². The van der Waals surface area contributed by atoms with Gasteiger partial charge in [0.25, 0.3) is 0 Å². The minimum Gasteiger partial charge on any atom is -0.476 e. The normalized spacial score (nSPS) is 11.3. The molecule has 5 nitrogen and oxygen atoms in total. The summed E-state index contributed by atoms with van der Waals surface area (Å²) in [7, 11) is 0. The van der Waals surface area contributed by atoms with E-state index >= 15 is 0 Å². The Morgan fingerprint density at radius 2 is 2.11 bits per heavy atom. The maximum absolute atomic E-state index is 11.2. The number of aromatic nitrogens is 2. The van der Waals surface area contributed by atoms with Gasteiger partial charge in [0.15, 0.2) is 5.69 Å². The summed E-state index contributed by atoms with van der Waals surface area (Å²) in [6, 6.07) is 5.51. The number of imidazole rings is 1. The summed E-state index contributed by atoms with van der Waals surface area (Å²) in [6.45, 7) is 7.11. The van der Waals surface area contributed by atoms with E-state index in [-0.39, 0.29) is 5.69 Å². The Balaban J connectivity index is 2.30. The number of hydrogen-bond acceptors (Lipinski definition) is 3. The third-order valence-corrected chi connectivity index (χ3v) is 3.37. The number of nitrogens with zero attached hydrogens (tertiary/aromatic N) is 3. The number of pyridine rings is 1. The average Bonchev–Trinajstić information content (AvgIpc) is 2.79. The highest BCUT2D eigenvalue weighted by Gasteiger charge is 2.16. The van der Waals surface area contributed by atoms with Crippen molar-refractivity contribution in [2.24, 2.45) is 0 Å². The van der Waals surface area contributed by atoms with E-state index in [9.17, 15) is 9.90 Å². The summed E-state index contributed by atoms with van der Waals surface area (Å²) >= 11 is 0. The Bertz CT molecular complexity index is 573. The molecule has 19 heavy (non-hydrogen) atoms. The lowest BCUT2D eigenvalue weighted by molar-refractivity contribution is 0.0693. The second-order valence-corrected chi connectivity index (χ2v) is 4.41. The molecule has 2 rings (SSSR count). The fourth-order valence-corrected chi connectivity index (χ4v) is 2.23. The molecule has 102 valence electrons. The number of aromatic carboxylic acids is 1. The number of likely N-dealkylation sites (N-methyl/N-ethyl adjacent to an activating group) is 1. The minimum atomic E-state index is -0.974. The molecule has 0 spiro atoms. The molecule has 0 saturated heterocycles. The molecule has 0 bridgehead atoms. The zero-order valence-electron chi connectivity index (χ0n) is 11.3. The Morgan fingerprint density at radius 3 is 2.74 bits per heavy atom. The Morgan fingerprint density at radius 1 is 1.37 bits per heavy atom. The van der Waals surface area contributed by atoms with Gasteiger partial charge in [0.05, 0.1) is 5.52 Å². The molecule has 0 amide bonds. The molecule has 0 aliphatic carbocycles. The largest absolute Gasteiger partial charge is 0.476 e. The summed E-state index contributed by atoms with van der Waals surface area (Å²) in [5.41, 5.74) is 0.791. The van der Waals surface area contributed by atoms with E-state index in [1.165, 1.54) is 0 Å². The first-order valence-corrected chi connectivity index (χ1v) is 6.59. The van der Waals surface area contributed by atoms with Crippen molar-refractivity contribution >= 4 is 11.5 Å². The summed E-state index contributed by atoms with van der Waals surface area (Å²) in [5.74, 6) is -0.169. The van der Waals surface area contributed by atoms with Crippen LogP contribution in [0.4, 0.5) is 0 Å². The molecule has 5 heteroatoms. The highest BCUT2D eigenvalue weighted by Crippen LogP contribution is 2.13. The van der Waals surface area contributed by atoms with Crippen LogP contribution in [0.15, 0.2) is 24.4 Å². The zero-order chi connectivity index (χ0) is 13.8. The van der Waals surface area contributed by atoms with Crippen molar-refractivity contribution in [1.29, 1.82) is 0 Å². The number of carbonyl (C=O) groups is 1. The first kappa shape index (κ1) is 13.5. The van der Waals surface area contributed by atoms with Gasteiger partial charge in [-0.15, -0.1) is 0 Å². The molecule has 2 aromatic heterocycles. The third kappa shape index (κ3) is 2.76. The van der Waals surface area contributed by atoms with Gasteiger partial charge in [0, 0.05) is 19.2 Å². The molecule has 0 aromatic carbocycles. The van der Waals surface area contributed by atoms with Gasteiger partial charge >= 0.3 is 5.97 Å². The quantitative estimate of drug-likeness (QED) is 0.863. The third-order valence-electron chi connectivity index (χ3n) is 3.37. The molecule has 1 N–H and O–H groups in total. The Hall–Kier alpha value is -1.88. The van der Waals surface area contributed by atoms with Crippen LogP contribution in [-0.2, 0) is 6.42 Å². The van der Waals surface area contributed by atoms with Crippen LogP contribution in [0.3, 0.4) is 0 Å².